The molecule has 3 rings (SSSR count). The Morgan fingerprint density at radius 1 is 1.30 bits per heavy atom. The normalized spacial score (nSPS) is 11.0. The number of nitrogens with zero attached hydrogens (tertiary/aromatic N) is 4. The molecule has 7 heteroatoms. The molecule has 0 fully saturated rings. The van der Waals surface area contributed by atoms with Crippen molar-refractivity contribution in [2.45, 2.75) is 6.92 Å². The number of aromatic amines is 1. The highest BCUT2D eigenvalue weighted by molar-refractivity contribution is 7.71. The van der Waals surface area contributed by atoms with Crippen molar-refractivity contribution in [3.05, 3.63) is 59.1 Å². The van der Waals surface area contributed by atoms with Crippen LogP contribution in [-0.4, -0.2) is 32.7 Å². The fourth-order valence-corrected chi connectivity index (χ4v) is 2.20. The van der Waals surface area contributed by atoms with Crippen LogP contribution in [0.2, 0.25) is 0 Å². The standard InChI is InChI=1S/C16H15N5OS/c1-2-22-14-7-5-12(6-8-14)10-18-21-15(19-20-16(21)23)13-4-3-9-17-11-13/h3-11H,2H2,1H3,(H,20,23)/b18-10+. The minimum absolute atomic E-state index is 0.422. The molecule has 23 heavy (non-hydrogen) atoms. The lowest BCUT2D eigenvalue weighted by molar-refractivity contribution is 0.340. The molecule has 0 bridgehead atoms. The van der Waals surface area contributed by atoms with Crippen molar-refractivity contribution in [3.8, 4) is 17.1 Å². The Labute approximate surface area is 138 Å². The number of ether oxygens (including phenoxy) is 1. The van der Waals surface area contributed by atoms with Gasteiger partial charge in [-0.1, -0.05) is 0 Å². The van der Waals surface area contributed by atoms with Crippen molar-refractivity contribution in [2.75, 3.05) is 6.61 Å². The van der Waals surface area contributed by atoms with E-state index in [0.717, 1.165) is 16.9 Å². The van der Waals surface area contributed by atoms with Gasteiger partial charge >= 0.3 is 0 Å². The summed E-state index contributed by atoms with van der Waals surface area (Å²) >= 11 is 5.23. The molecule has 0 aliphatic carbocycles. The molecular formula is C16H15N5OS. The number of hydrogen-bond donors (Lipinski definition) is 1. The van der Waals surface area contributed by atoms with Crippen LogP contribution in [-0.2, 0) is 0 Å². The van der Waals surface area contributed by atoms with Crippen LogP contribution in [0.15, 0.2) is 53.9 Å². The molecule has 0 aliphatic heterocycles. The fraction of sp³-hybridized carbons (Fsp3) is 0.125. The number of rotatable bonds is 5. The second kappa shape index (κ2) is 6.97. The van der Waals surface area contributed by atoms with E-state index in [9.17, 15) is 0 Å². The average Bonchev–Trinajstić information content (AvgIpc) is 2.96. The van der Waals surface area contributed by atoms with Gasteiger partial charge in [-0.05, 0) is 61.1 Å². The first-order valence-electron chi connectivity index (χ1n) is 7.13. The predicted octanol–water partition coefficient (Wildman–Crippen LogP) is 3.28. The summed E-state index contributed by atoms with van der Waals surface area (Å²) in [7, 11) is 0. The van der Waals surface area contributed by atoms with E-state index < -0.39 is 0 Å². The molecule has 0 saturated carbocycles. The van der Waals surface area contributed by atoms with Crippen LogP contribution in [0.1, 0.15) is 12.5 Å². The summed E-state index contributed by atoms with van der Waals surface area (Å²) in [5.74, 6) is 1.45. The maximum absolute atomic E-state index is 5.42. The largest absolute Gasteiger partial charge is 0.494 e. The summed E-state index contributed by atoms with van der Waals surface area (Å²) in [6.45, 7) is 2.60. The van der Waals surface area contributed by atoms with Gasteiger partial charge in [0.1, 0.15) is 5.75 Å². The molecule has 0 saturated heterocycles. The van der Waals surface area contributed by atoms with E-state index in [1.165, 1.54) is 0 Å². The smallest absolute Gasteiger partial charge is 0.216 e. The maximum Gasteiger partial charge on any atom is 0.216 e. The topological polar surface area (TPSA) is 68.1 Å². The van der Waals surface area contributed by atoms with Crippen molar-refractivity contribution in [1.29, 1.82) is 0 Å². The van der Waals surface area contributed by atoms with Crippen LogP contribution in [0.25, 0.3) is 11.4 Å². The Morgan fingerprint density at radius 3 is 2.83 bits per heavy atom. The van der Waals surface area contributed by atoms with Gasteiger partial charge in [-0.25, -0.2) is 5.10 Å². The van der Waals surface area contributed by atoms with Crippen LogP contribution in [0, 0.1) is 4.77 Å². The lowest BCUT2D eigenvalue weighted by atomic mass is 10.2. The van der Waals surface area contributed by atoms with Gasteiger partial charge < -0.3 is 4.74 Å². The molecule has 0 spiro atoms. The Balaban J connectivity index is 1.88. The number of pyridine rings is 1. The summed E-state index contributed by atoms with van der Waals surface area (Å²) in [5.41, 5.74) is 1.78. The van der Waals surface area contributed by atoms with Crippen LogP contribution in [0.3, 0.4) is 0 Å². The second-order valence-electron chi connectivity index (χ2n) is 4.65. The number of H-pyrrole nitrogens is 1. The van der Waals surface area contributed by atoms with E-state index in [0.29, 0.717) is 17.2 Å². The molecule has 6 nitrogen and oxygen atoms in total. The molecule has 1 N–H and O–H groups in total. The highest BCUT2D eigenvalue weighted by atomic mass is 32.1. The molecule has 2 heterocycles. The molecule has 116 valence electrons. The highest BCUT2D eigenvalue weighted by Gasteiger charge is 2.07. The highest BCUT2D eigenvalue weighted by Crippen LogP contribution is 2.16. The lowest BCUT2D eigenvalue weighted by Gasteiger charge is -2.02. The van der Waals surface area contributed by atoms with E-state index in [-0.39, 0.29) is 0 Å². The third-order valence-corrected chi connectivity index (χ3v) is 3.35. The third-order valence-electron chi connectivity index (χ3n) is 3.08. The van der Waals surface area contributed by atoms with Gasteiger partial charge in [0, 0.05) is 18.0 Å². The zero-order valence-electron chi connectivity index (χ0n) is 12.5. The molecule has 0 radical (unpaired) electrons. The van der Waals surface area contributed by atoms with Crippen molar-refractivity contribution in [1.82, 2.24) is 19.9 Å². The fourth-order valence-electron chi connectivity index (χ4n) is 2.02. The zero-order chi connectivity index (χ0) is 16.1. The lowest BCUT2D eigenvalue weighted by Crippen LogP contribution is -1.95. The molecular weight excluding hydrogens is 310 g/mol. The van der Waals surface area contributed by atoms with Gasteiger partial charge in [0.05, 0.1) is 12.8 Å². The first-order chi connectivity index (χ1) is 11.3. The van der Waals surface area contributed by atoms with E-state index >= 15 is 0 Å². The first kappa shape index (κ1) is 15.1. The number of hydrogen-bond acceptors (Lipinski definition) is 5. The minimum Gasteiger partial charge on any atom is -0.494 e. The van der Waals surface area contributed by atoms with Crippen molar-refractivity contribution in [3.63, 3.8) is 0 Å². The number of aromatic nitrogens is 4. The van der Waals surface area contributed by atoms with E-state index in [2.05, 4.69) is 20.3 Å². The SMILES string of the molecule is CCOc1ccc(/C=N/n2c(-c3cccnc3)n[nH]c2=S)cc1. The Kier molecular flexibility index (Phi) is 4.58. The molecule has 1 aromatic carbocycles. The quantitative estimate of drug-likeness (QED) is 0.577. The van der Waals surface area contributed by atoms with Crippen LogP contribution < -0.4 is 4.74 Å². The molecule has 3 aromatic rings. The molecule has 0 aliphatic rings. The van der Waals surface area contributed by atoms with Gasteiger partial charge in [0.15, 0.2) is 5.82 Å². The Morgan fingerprint density at radius 2 is 2.13 bits per heavy atom. The van der Waals surface area contributed by atoms with Crippen LogP contribution >= 0.6 is 12.2 Å². The molecule has 0 amide bonds. The van der Waals surface area contributed by atoms with E-state index in [1.807, 2.05) is 43.3 Å². The molecule has 0 unspecified atom stereocenters. The molecule has 0 atom stereocenters. The third kappa shape index (κ3) is 3.51. The Bertz CT molecular complexity index is 852. The van der Waals surface area contributed by atoms with Crippen LogP contribution in [0.4, 0.5) is 0 Å². The first-order valence-corrected chi connectivity index (χ1v) is 7.54. The second-order valence-corrected chi connectivity index (χ2v) is 5.04. The summed E-state index contributed by atoms with van der Waals surface area (Å²) in [4.78, 5) is 4.09. The number of nitrogens with one attached hydrogen (secondary N) is 1. The summed E-state index contributed by atoms with van der Waals surface area (Å²) in [6.07, 6.45) is 5.15. The minimum atomic E-state index is 0.422. The van der Waals surface area contributed by atoms with Crippen LogP contribution in [0.5, 0.6) is 5.75 Å². The van der Waals surface area contributed by atoms with Gasteiger partial charge in [-0.15, -0.1) is 0 Å². The summed E-state index contributed by atoms with van der Waals surface area (Å²) in [5, 5.41) is 11.4. The van der Waals surface area contributed by atoms with Gasteiger partial charge in [0.25, 0.3) is 0 Å². The number of benzene rings is 1. The van der Waals surface area contributed by atoms with Crippen molar-refractivity contribution < 1.29 is 4.74 Å². The predicted molar refractivity (Wildman–Crippen MR) is 91.2 cm³/mol. The monoisotopic (exact) mass is 325 g/mol. The summed E-state index contributed by atoms with van der Waals surface area (Å²) < 4.78 is 7.41. The van der Waals surface area contributed by atoms with E-state index in [1.54, 1.807) is 23.3 Å². The zero-order valence-corrected chi connectivity index (χ0v) is 13.3. The van der Waals surface area contributed by atoms with Gasteiger partial charge in [-0.2, -0.15) is 14.9 Å². The van der Waals surface area contributed by atoms with Gasteiger partial charge in [0.2, 0.25) is 4.77 Å². The van der Waals surface area contributed by atoms with E-state index in [4.69, 9.17) is 17.0 Å². The average molecular weight is 325 g/mol. The molecule has 2 aromatic heterocycles. The van der Waals surface area contributed by atoms with Crippen molar-refractivity contribution in [2.24, 2.45) is 5.10 Å². The van der Waals surface area contributed by atoms with Crippen molar-refractivity contribution >= 4 is 18.4 Å². The summed E-state index contributed by atoms with van der Waals surface area (Å²) in [6, 6.07) is 11.4. The van der Waals surface area contributed by atoms with Gasteiger partial charge in [-0.3, -0.25) is 4.98 Å². The Hall–Kier alpha value is -2.80. The maximum atomic E-state index is 5.42.